The number of hydrogen-bond acceptors (Lipinski definition) is 5. The molecule has 0 aliphatic carbocycles. The van der Waals surface area contributed by atoms with Crippen LogP contribution in [0, 0.1) is 11.7 Å². The Kier molecular flexibility index (Phi) is 4.83. The van der Waals surface area contributed by atoms with Gasteiger partial charge in [-0.25, -0.2) is 19.8 Å². The third-order valence-corrected chi connectivity index (χ3v) is 4.86. The maximum absolute atomic E-state index is 13.6. The monoisotopic (exact) mass is 368 g/mol. The van der Waals surface area contributed by atoms with Gasteiger partial charge in [-0.2, -0.15) is 0 Å². The van der Waals surface area contributed by atoms with Gasteiger partial charge in [0.15, 0.2) is 0 Å². The zero-order valence-electron chi connectivity index (χ0n) is 14.9. The minimum absolute atomic E-state index is 0.0985. The third kappa shape index (κ3) is 3.54. The summed E-state index contributed by atoms with van der Waals surface area (Å²) < 4.78 is 15.4. The van der Waals surface area contributed by atoms with Crippen LogP contribution in [0.2, 0.25) is 0 Å². The summed E-state index contributed by atoms with van der Waals surface area (Å²) in [7, 11) is 0. The minimum atomic E-state index is -0.351. The van der Waals surface area contributed by atoms with E-state index in [0.717, 1.165) is 11.3 Å². The van der Waals surface area contributed by atoms with Gasteiger partial charge in [-0.15, -0.1) is 0 Å². The normalized spacial score (nSPS) is 20.7. The summed E-state index contributed by atoms with van der Waals surface area (Å²) >= 11 is 0. The highest BCUT2D eigenvalue weighted by Crippen LogP contribution is 2.27. The van der Waals surface area contributed by atoms with Gasteiger partial charge in [-0.05, 0) is 30.2 Å². The molecule has 1 aromatic carbocycles. The molecule has 7 nitrogen and oxygen atoms in total. The first-order chi connectivity index (χ1) is 13.2. The Morgan fingerprint density at radius 1 is 1.44 bits per heavy atom. The van der Waals surface area contributed by atoms with Crippen molar-refractivity contribution in [1.29, 1.82) is 0 Å². The third-order valence-electron chi connectivity index (χ3n) is 4.86. The molecule has 8 heteroatoms. The number of benzene rings is 1. The lowest BCUT2D eigenvalue weighted by molar-refractivity contribution is -0.125. The van der Waals surface area contributed by atoms with Crippen LogP contribution in [0.25, 0.3) is 5.78 Å². The standard InChI is InChI=1S/C19H21FN6O/c1-2-15(16-11-26-8-4-7-21-19(26)24-16)23-18(27)14-10-22-25-17(14)12-5-3-6-13(20)9-12/h3-9,11,14-15,17,22,25H,2,10H2,1H3,(H,23,27). The number of nitrogens with one attached hydrogen (secondary N) is 3. The van der Waals surface area contributed by atoms with Gasteiger partial charge >= 0.3 is 0 Å². The van der Waals surface area contributed by atoms with E-state index in [1.54, 1.807) is 12.3 Å². The fourth-order valence-electron chi connectivity index (χ4n) is 3.44. The van der Waals surface area contributed by atoms with Gasteiger partial charge in [-0.3, -0.25) is 14.6 Å². The summed E-state index contributed by atoms with van der Waals surface area (Å²) in [6.45, 7) is 2.47. The predicted molar refractivity (Wildman–Crippen MR) is 97.9 cm³/mol. The van der Waals surface area contributed by atoms with Crippen molar-refractivity contribution in [1.82, 2.24) is 30.5 Å². The van der Waals surface area contributed by atoms with Crippen molar-refractivity contribution in [3.05, 3.63) is 66.0 Å². The lowest BCUT2D eigenvalue weighted by Crippen LogP contribution is -2.37. The van der Waals surface area contributed by atoms with Gasteiger partial charge in [0.1, 0.15) is 5.82 Å². The Morgan fingerprint density at radius 2 is 2.33 bits per heavy atom. The van der Waals surface area contributed by atoms with Crippen molar-refractivity contribution in [2.24, 2.45) is 5.92 Å². The van der Waals surface area contributed by atoms with E-state index in [4.69, 9.17) is 0 Å². The number of amides is 1. The number of nitrogens with zero attached hydrogens (tertiary/aromatic N) is 3. The number of aromatic nitrogens is 3. The van der Waals surface area contributed by atoms with Crippen LogP contribution in [-0.2, 0) is 4.79 Å². The number of hydrazine groups is 1. The molecule has 2 aromatic heterocycles. The zero-order valence-corrected chi connectivity index (χ0v) is 14.9. The molecule has 0 saturated carbocycles. The van der Waals surface area contributed by atoms with Crippen LogP contribution in [0.15, 0.2) is 48.9 Å². The summed E-state index contributed by atoms with van der Waals surface area (Å²) in [5, 5.41) is 3.08. The number of hydrogen-bond donors (Lipinski definition) is 3. The summed E-state index contributed by atoms with van der Waals surface area (Å²) in [5.41, 5.74) is 7.60. The van der Waals surface area contributed by atoms with E-state index < -0.39 is 0 Å². The fourth-order valence-corrected chi connectivity index (χ4v) is 3.44. The largest absolute Gasteiger partial charge is 0.347 e. The smallest absolute Gasteiger partial charge is 0.233 e. The first-order valence-corrected chi connectivity index (χ1v) is 8.99. The van der Waals surface area contributed by atoms with Gasteiger partial charge in [0, 0.05) is 25.1 Å². The number of rotatable bonds is 5. The van der Waals surface area contributed by atoms with E-state index in [2.05, 4.69) is 26.1 Å². The SMILES string of the molecule is CCC(NC(=O)C1CNNC1c1cccc(F)c1)c1cn2cccnc2n1. The zero-order chi connectivity index (χ0) is 18.8. The second kappa shape index (κ2) is 7.42. The molecule has 140 valence electrons. The van der Waals surface area contributed by atoms with E-state index >= 15 is 0 Å². The molecule has 4 rings (SSSR count). The Morgan fingerprint density at radius 3 is 3.11 bits per heavy atom. The fraction of sp³-hybridized carbons (Fsp3) is 0.316. The van der Waals surface area contributed by atoms with Crippen molar-refractivity contribution in [3.8, 4) is 0 Å². The van der Waals surface area contributed by atoms with Gasteiger partial charge in [-0.1, -0.05) is 19.1 Å². The second-order valence-electron chi connectivity index (χ2n) is 6.63. The molecule has 3 atom stereocenters. The van der Waals surface area contributed by atoms with Crippen LogP contribution in [0.4, 0.5) is 4.39 Å². The van der Waals surface area contributed by atoms with Gasteiger partial charge in [0.05, 0.1) is 23.7 Å². The van der Waals surface area contributed by atoms with Crippen molar-refractivity contribution in [3.63, 3.8) is 0 Å². The molecule has 1 aliphatic heterocycles. The Balaban J connectivity index is 1.52. The first kappa shape index (κ1) is 17.6. The van der Waals surface area contributed by atoms with E-state index in [1.165, 1.54) is 12.1 Å². The highest BCUT2D eigenvalue weighted by atomic mass is 19.1. The van der Waals surface area contributed by atoms with Crippen LogP contribution in [0.3, 0.4) is 0 Å². The van der Waals surface area contributed by atoms with E-state index in [9.17, 15) is 9.18 Å². The quantitative estimate of drug-likeness (QED) is 0.641. The molecule has 3 heterocycles. The molecular weight excluding hydrogens is 347 g/mol. The van der Waals surface area contributed by atoms with Crippen molar-refractivity contribution in [2.75, 3.05) is 6.54 Å². The molecule has 1 aliphatic rings. The van der Waals surface area contributed by atoms with Crippen molar-refractivity contribution < 1.29 is 9.18 Å². The van der Waals surface area contributed by atoms with Crippen molar-refractivity contribution >= 4 is 11.7 Å². The molecule has 1 saturated heterocycles. The number of fused-ring (bicyclic) bond motifs is 1. The molecule has 0 radical (unpaired) electrons. The Hall–Kier alpha value is -2.84. The topological polar surface area (TPSA) is 83.4 Å². The van der Waals surface area contributed by atoms with E-state index in [0.29, 0.717) is 18.7 Å². The average molecular weight is 368 g/mol. The lowest BCUT2D eigenvalue weighted by Gasteiger charge is -2.21. The van der Waals surface area contributed by atoms with Crippen LogP contribution in [0.1, 0.15) is 36.7 Å². The van der Waals surface area contributed by atoms with Crippen LogP contribution >= 0.6 is 0 Å². The summed E-state index contributed by atoms with van der Waals surface area (Å²) in [6, 6.07) is 7.64. The molecule has 3 aromatic rings. The number of halogens is 1. The van der Waals surface area contributed by atoms with Crippen LogP contribution in [-0.4, -0.2) is 26.8 Å². The second-order valence-corrected chi connectivity index (χ2v) is 6.63. The predicted octanol–water partition coefficient (Wildman–Crippen LogP) is 1.90. The maximum Gasteiger partial charge on any atom is 0.233 e. The van der Waals surface area contributed by atoms with Gasteiger partial charge < -0.3 is 5.32 Å². The molecule has 3 unspecified atom stereocenters. The maximum atomic E-state index is 13.6. The van der Waals surface area contributed by atoms with E-state index in [1.807, 2.05) is 35.9 Å². The summed E-state index contributed by atoms with van der Waals surface area (Å²) in [4.78, 5) is 21.7. The molecule has 1 fully saturated rings. The van der Waals surface area contributed by atoms with Crippen LogP contribution in [0.5, 0.6) is 0 Å². The summed E-state index contributed by atoms with van der Waals surface area (Å²) in [5.74, 6) is -0.166. The van der Waals surface area contributed by atoms with Gasteiger partial charge in [0.25, 0.3) is 0 Å². The minimum Gasteiger partial charge on any atom is -0.347 e. The number of carbonyl (C=O) groups excluding carboxylic acids is 1. The molecule has 27 heavy (non-hydrogen) atoms. The molecule has 1 amide bonds. The van der Waals surface area contributed by atoms with Gasteiger partial charge in [0.2, 0.25) is 11.7 Å². The molecule has 0 bridgehead atoms. The van der Waals surface area contributed by atoms with Crippen molar-refractivity contribution in [2.45, 2.75) is 25.4 Å². The average Bonchev–Trinajstić information content (AvgIpc) is 3.32. The Bertz CT molecular complexity index is 925. The van der Waals surface area contributed by atoms with E-state index in [-0.39, 0.29) is 29.7 Å². The highest BCUT2D eigenvalue weighted by Gasteiger charge is 2.35. The number of imidazole rings is 1. The lowest BCUT2D eigenvalue weighted by atomic mass is 9.93. The summed E-state index contributed by atoms with van der Waals surface area (Å²) in [6.07, 6.45) is 6.14. The first-order valence-electron chi connectivity index (χ1n) is 8.99. The molecular formula is C19H21FN6O. The Labute approximate surface area is 156 Å². The highest BCUT2D eigenvalue weighted by molar-refractivity contribution is 5.80. The number of carbonyl (C=O) groups is 1. The molecule has 0 spiro atoms. The molecule has 3 N–H and O–H groups in total. The van der Waals surface area contributed by atoms with Crippen LogP contribution < -0.4 is 16.2 Å².